The zero-order chi connectivity index (χ0) is 19.9. The Morgan fingerprint density at radius 3 is 2.54 bits per heavy atom. The number of thioether (sulfide) groups is 1. The van der Waals surface area contributed by atoms with Crippen molar-refractivity contribution in [3.8, 4) is 0 Å². The van der Waals surface area contributed by atoms with Crippen LogP contribution in [-0.4, -0.2) is 70.6 Å². The molecule has 0 aliphatic carbocycles. The molecular weight excluding hydrogens is 390 g/mol. The van der Waals surface area contributed by atoms with Crippen molar-refractivity contribution in [2.24, 2.45) is 0 Å². The quantitative estimate of drug-likeness (QED) is 0.387. The molecule has 2 aliphatic heterocycles. The van der Waals surface area contributed by atoms with Crippen molar-refractivity contribution in [3.05, 3.63) is 40.8 Å². The fourth-order valence-electron chi connectivity index (χ4n) is 3.33. The van der Waals surface area contributed by atoms with Crippen LogP contribution in [0.2, 0.25) is 0 Å². The highest BCUT2D eigenvalue weighted by Gasteiger charge is 2.31. The van der Waals surface area contributed by atoms with Crippen LogP contribution in [0.3, 0.4) is 0 Å². The van der Waals surface area contributed by atoms with Crippen LogP contribution in [0, 0.1) is 0 Å². The van der Waals surface area contributed by atoms with Crippen LogP contribution in [-0.2, 0) is 9.59 Å². The molecule has 1 aromatic rings. The molecule has 7 heteroatoms. The number of thiocarbonyl (C=S) groups is 1. The Labute approximate surface area is 176 Å². The van der Waals surface area contributed by atoms with Crippen molar-refractivity contribution < 1.29 is 9.59 Å². The Bertz CT molecular complexity index is 743. The van der Waals surface area contributed by atoms with E-state index in [1.54, 1.807) is 4.90 Å². The molecule has 2 aliphatic rings. The second-order valence-electron chi connectivity index (χ2n) is 7.24. The molecule has 0 radical (unpaired) electrons. The van der Waals surface area contributed by atoms with Gasteiger partial charge in [0.05, 0.1) is 4.91 Å². The minimum atomic E-state index is -0.00707. The van der Waals surface area contributed by atoms with Gasteiger partial charge in [-0.25, -0.2) is 0 Å². The Balaban J connectivity index is 1.39. The molecule has 0 bridgehead atoms. The van der Waals surface area contributed by atoms with Gasteiger partial charge in [-0.3, -0.25) is 14.5 Å². The van der Waals surface area contributed by atoms with Gasteiger partial charge in [0.15, 0.2) is 0 Å². The van der Waals surface area contributed by atoms with Gasteiger partial charge in [0.1, 0.15) is 4.32 Å². The maximum atomic E-state index is 12.6. The Morgan fingerprint density at radius 2 is 1.82 bits per heavy atom. The SMILES string of the molecule is CN1CCN(C(=O)CCCCCN2C(=O)/C(=C\c3ccccc3)SC2=S)CC1. The summed E-state index contributed by atoms with van der Waals surface area (Å²) in [4.78, 5) is 31.5. The Hall–Kier alpha value is -1.70. The molecule has 0 aromatic heterocycles. The van der Waals surface area contributed by atoms with Crippen LogP contribution in [0.15, 0.2) is 35.2 Å². The maximum absolute atomic E-state index is 12.6. The Kier molecular flexibility index (Phi) is 7.65. The minimum Gasteiger partial charge on any atom is -0.340 e. The third-order valence-electron chi connectivity index (χ3n) is 5.10. The van der Waals surface area contributed by atoms with Gasteiger partial charge in [-0.05, 0) is 31.5 Å². The number of nitrogens with zero attached hydrogens (tertiary/aromatic N) is 3. The first-order chi connectivity index (χ1) is 13.5. The first kappa shape index (κ1) is 21.0. The molecule has 0 unspecified atom stereocenters. The molecule has 2 heterocycles. The lowest BCUT2D eigenvalue weighted by molar-refractivity contribution is -0.133. The third-order valence-corrected chi connectivity index (χ3v) is 6.48. The van der Waals surface area contributed by atoms with Gasteiger partial charge in [-0.1, -0.05) is 60.7 Å². The van der Waals surface area contributed by atoms with Gasteiger partial charge >= 0.3 is 0 Å². The number of piperazine rings is 1. The van der Waals surface area contributed by atoms with E-state index in [-0.39, 0.29) is 11.8 Å². The van der Waals surface area contributed by atoms with Gasteiger partial charge in [0.25, 0.3) is 5.91 Å². The van der Waals surface area contributed by atoms with Crippen molar-refractivity contribution in [1.29, 1.82) is 0 Å². The Morgan fingerprint density at radius 1 is 1.11 bits per heavy atom. The number of benzene rings is 1. The summed E-state index contributed by atoms with van der Waals surface area (Å²) >= 11 is 6.76. The number of amides is 2. The van der Waals surface area contributed by atoms with E-state index in [0.717, 1.165) is 51.0 Å². The lowest BCUT2D eigenvalue weighted by Gasteiger charge is -2.32. The van der Waals surface area contributed by atoms with E-state index >= 15 is 0 Å². The molecule has 5 nitrogen and oxygen atoms in total. The number of unbranched alkanes of at least 4 members (excludes halogenated alkanes) is 2. The highest BCUT2D eigenvalue weighted by atomic mass is 32.2. The van der Waals surface area contributed by atoms with Crippen molar-refractivity contribution in [1.82, 2.24) is 14.7 Å². The van der Waals surface area contributed by atoms with E-state index in [9.17, 15) is 9.59 Å². The zero-order valence-corrected chi connectivity index (χ0v) is 17.9. The third kappa shape index (κ3) is 5.65. The summed E-state index contributed by atoms with van der Waals surface area (Å²) in [5.41, 5.74) is 1.01. The van der Waals surface area contributed by atoms with Gasteiger partial charge < -0.3 is 9.80 Å². The molecule has 2 amide bonds. The number of carbonyl (C=O) groups excluding carboxylic acids is 2. The zero-order valence-electron chi connectivity index (χ0n) is 16.3. The fraction of sp³-hybridized carbons (Fsp3) is 0.476. The first-order valence-corrected chi connectivity index (χ1v) is 11.0. The molecule has 1 aromatic carbocycles. The van der Waals surface area contributed by atoms with E-state index in [1.165, 1.54) is 11.8 Å². The maximum Gasteiger partial charge on any atom is 0.266 e. The van der Waals surface area contributed by atoms with Gasteiger partial charge in [0, 0.05) is 39.1 Å². The molecule has 150 valence electrons. The van der Waals surface area contributed by atoms with E-state index in [2.05, 4.69) is 11.9 Å². The number of rotatable bonds is 7. The van der Waals surface area contributed by atoms with Crippen LogP contribution in [0.25, 0.3) is 6.08 Å². The molecule has 2 saturated heterocycles. The number of hydrogen-bond donors (Lipinski definition) is 0. The topological polar surface area (TPSA) is 43.9 Å². The number of likely N-dealkylation sites (N-methyl/N-ethyl adjacent to an activating group) is 1. The van der Waals surface area contributed by atoms with Crippen LogP contribution in [0.1, 0.15) is 31.2 Å². The largest absolute Gasteiger partial charge is 0.340 e. The lowest BCUT2D eigenvalue weighted by Crippen LogP contribution is -2.47. The lowest BCUT2D eigenvalue weighted by atomic mass is 10.1. The van der Waals surface area contributed by atoms with Crippen molar-refractivity contribution in [2.45, 2.75) is 25.7 Å². The summed E-state index contributed by atoms with van der Waals surface area (Å²) in [6.07, 6.45) is 5.14. The molecule has 0 atom stereocenters. The smallest absolute Gasteiger partial charge is 0.266 e. The monoisotopic (exact) mass is 417 g/mol. The highest BCUT2D eigenvalue weighted by Crippen LogP contribution is 2.32. The van der Waals surface area contributed by atoms with Crippen LogP contribution in [0.4, 0.5) is 0 Å². The van der Waals surface area contributed by atoms with Gasteiger partial charge in [0.2, 0.25) is 5.91 Å². The van der Waals surface area contributed by atoms with E-state index < -0.39 is 0 Å². The highest BCUT2D eigenvalue weighted by molar-refractivity contribution is 8.26. The van der Waals surface area contributed by atoms with Gasteiger partial charge in [-0.15, -0.1) is 0 Å². The average molecular weight is 418 g/mol. The predicted octanol–water partition coefficient (Wildman–Crippen LogP) is 3.22. The van der Waals surface area contributed by atoms with Crippen LogP contribution < -0.4 is 0 Å². The molecular formula is C21H27N3O2S2. The second kappa shape index (κ2) is 10.2. The molecule has 2 fully saturated rings. The summed E-state index contributed by atoms with van der Waals surface area (Å²) < 4.78 is 0.626. The summed E-state index contributed by atoms with van der Waals surface area (Å²) in [6.45, 7) is 4.20. The summed E-state index contributed by atoms with van der Waals surface area (Å²) in [5, 5.41) is 0. The average Bonchev–Trinajstić information content (AvgIpc) is 2.96. The summed E-state index contributed by atoms with van der Waals surface area (Å²) in [5.74, 6) is 0.247. The fourth-order valence-corrected chi connectivity index (χ4v) is 4.64. The van der Waals surface area contributed by atoms with Crippen molar-refractivity contribution in [2.75, 3.05) is 39.8 Å². The van der Waals surface area contributed by atoms with Crippen molar-refractivity contribution >= 4 is 46.2 Å². The van der Waals surface area contributed by atoms with Crippen LogP contribution in [0.5, 0.6) is 0 Å². The second-order valence-corrected chi connectivity index (χ2v) is 8.91. The van der Waals surface area contributed by atoms with E-state index in [4.69, 9.17) is 12.2 Å². The number of carbonyl (C=O) groups is 2. The molecule has 3 rings (SSSR count). The summed E-state index contributed by atoms with van der Waals surface area (Å²) in [6, 6.07) is 9.82. The van der Waals surface area contributed by atoms with Gasteiger partial charge in [-0.2, -0.15) is 0 Å². The first-order valence-electron chi connectivity index (χ1n) is 9.81. The molecule has 0 N–H and O–H groups in total. The van der Waals surface area contributed by atoms with Crippen LogP contribution >= 0.6 is 24.0 Å². The minimum absolute atomic E-state index is 0.00707. The number of hydrogen-bond acceptors (Lipinski definition) is 5. The molecule has 0 saturated carbocycles. The normalized spacial score (nSPS) is 19.7. The standard InChI is InChI=1S/C21H27N3O2S2/c1-22-12-14-23(15-13-22)19(25)10-6-3-7-11-24-20(26)18(28-21(24)27)16-17-8-4-2-5-9-17/h2,4-5,8-9,16H,3,6-7,10-15H2,1H3/b18-16+. The molecule has 0 spiro atoms. The van der Waals surface area contributed by atoms with E-state index in [0.29, 0.717) is 22.2 Å². The summed E-state index contributed by atoms with van der Waals surface area (Å²) in [7, 11) is 2.09. The predicted molar refractivity (Wildman–Crippen MR) is 119 cm³/mol. The van der Waals surface area contributed by atoms with Crippen molar-refractivity contribution in [3.63, 3.8) is 0 Å². The molecule has 28 heavy (non-hydrogen) atoms. The van der Waals surface area contributed by atoms with E-state index in [1.807, 2.05) is 41.3 Å².